The van der Waals surface area contributed by atoms with Gasteiger partial charge in [0.1, 0.15) is 10.5 Å². The summed E-state index contributed by atoms with van der Waals surface area (Å²) in [5, 5.41) is 0.392. The molecule has 23 heavy (non-hydrogen) atoms. The van der Waals surface area contributed by atoms with Crippen molar-refractivity contribution >= 4 is 27.4 Å². The third-order valence-electron chi connectivity index (χ3n) is 4.65. The van der Waals surface area contributed by atoms with Gasteiger partial charge in [-0.25, -0.2) is 0 Å². The molecule has 0 saturated heterocycles. The summed E-state index contributed by atoms with van der Waals surface area (Å²) in [7, 11) is 0.820. The molecule has 0 aliphatic carbocycles. The van der Waals surface area contributed by atoms with E-state index in [0.29, 0.717) is 5.12 Å². The summed E-state index contributed by atoms with van der Waals surface area (Å²) in [6.45, 7) is 6.72. The fourth-order valence-electron chi connectivity index (χ4n) is 3.16. The number of rotatable bonds is 16. The van der Waals surface area contributed by atoms with Crippen LogP contribution >= 0.6 is 11.8 Å². The number of hydrogen-bond acceptors (Lipinski definition) is 3. The molecular formula is C19H40O2SSi. The van der Waals surface area contributed by atoms with E-state index in [1.165, 1.54) is 57.8 Å². The zero-order valence-electron chi connectivity index (χ0n) is 16.1. The van der Waals surface area contributed by atoms with Crippen molar-refractivity contribution in [1.29, 1.82) is 0 Å². The lowest BCUT2D eigenvalue weighted by atomic mass is 9.87. The highest BCUT2D eigenvalue weighted by molar-refractivity contribution is 8.13. The van der Waals surface area contributed by atoms with Crippen LogP contribution in [0.5, 0.6) is 0 Å². The number of unbranched alkanes of at least 4 members (excludes halogenated alkanes) is 5. The molecule has 0 aromatic heterocycles. The molecule has 0 bridgehead atoms. The molecule has 138 valence electrons. The minimum absolute atomic E-state index is 0.112. The van der Waals surface area contributed by atoms with Crippen LogP contribution in [0.1, 0.15) is 104 Å². The van der Waals surface area contributed by atoms with Gasteiger partial charge in [0.25, 0.3) is 0 Å². The molecule has 0 fully saturated rings. The predicted octanol–water partition coefficient (Wildman–Crippen LogP) is 5.41. The molecule has 0 rings (SSSR count). The highest BCUT2D eigenvalue weighted by Crippen LogP contribution is 2.30. The van der Waals surface area contributed by atoms with E-state index in [2.05, 4.69) is 20.8 Å². The second-order valence-electron chi connectivity index (χ2n) is 6.73. The highest BCUT2D eigenvalue weighted by atomic mass is 32.2. The molecule has 0 aromatic carbocycles. The van der Waals surface area contributed by atoms with E-state index in [1.54, 1.807) is 11.8 Å². The maximum Gasteiger partial charge on any atom is 0.188 e. The highest BCUT2D eigenvalue weighted by Gasteiger charge is 2.26. The Labute approximate surface area is 152 Å². The van der Waals surface area contributed by atoms with E-state index in [9.17, 15) is 4.79 Å². The molecule has 0 radical (unpaired) electrons. The lowest BCUT2D eigenvalue weighted by Crippen LogP contribution is -2.32. The summed E-state index contributed by atoms with van der Waals surface area (Å²) in [4.78, 5) is 11.9. The number of thioether (sulfide) groups is 1. The van der Waals surface area contributed by atoms with E-state index in [4.69, 9.17) is 4.43 Å². The maximum absolute atomic E-state index is 11.9. The van der Waals surface area contributed by atoms with E-state index in [0.717, 1.165) is 41.9 Å². The standard InChI is InChI=1S/C19H40O2SSi/c1-4-7-9-10-11-13-18(20)22-17-12-16-19(21-23,14-6-3)15-8-5-2/h4-17H2,1-3,23H3. The van der Waals surface area contributed by atoms with E-state index in [1.807, 2.05) is 0 Å². The lowest BCUT2D eigenvalue weighted by Gasteiger charge is -2.33. The number of carbonyl (C=O) groups is 1. The van der Waals surface area contributed by atoms with Gasteiger partial charge in [-0.05, 0) is 32.1 Å². The fourth-order valence-corrected chi connectivity index (χ4v) is 4.58. The Morgan fingerprint density at radius 2 is 1.52 bits per heavy atom. The van der Waals surface area contributed by atoms with Crippen LogP contribution in [0, 0.1) is 0 Å². The third-order valence-corrected chi connectivity index (χ3v) is 6.53. The van der Waals surface area contributed by atoms with Gasteiger partial charge in [-0.3, -0.25) is 4.79 Å². The van der Waals surface area contributed by atoms with Crippen LogP contribution in [0.15, 0.2) is 0 Å². The molecule has 0 aliphatic heterocycles. The van der Waals surface area contributed by atoms with Crippen molar-refractivity contribution in [3.8, 4) is 0 Å². The Hall–Kier alpha value is 0.197. The van der Waals surface area contributed by atoms with Crippen LogP contribution in [0.4, 0.5) is 0 Å². The van der Waals surface area contributed by atoms with Crippen molar-refractivity contribution in [3.63, 3.8) is 0 Å². The molecule has 0 aromatic rings. The van der Waals surface area contributed by atoms with E-state index in [-0.39, 0.29) is 5.60 Å². The Kier molecular flexibility index (Phi) is 15.8. The average molecular weight is 361 g/mol. The SMILES string of the molecule is CCCCCCCC(=O)SCCCC(CCC)(CCCC)O[SiH3]. The first-order chi connectivity index (χ1) is 11.1. The largest absolute Gasteiger partial charge is 0.422 e. The average Bonchev–Trinajstić information content (AvgIpc) is 2.56. The summed E-state index contributed by atoms with van der Waals surface area (Å²) < 4.78 is 6.03. The van der Waals surface area contributed by atoms with E-state index >= 15 is 0 Å². The Balaban J connectivity index is 3.88. The second kappa shape index (κ2) is 15.7. The molecule has 1 unspecified atom stereocenters. The van der Waals surface area contributed by atoms with Crippen molar-refractivity contribution in [3.05, 3.63) is 0 Å². The summed E-state index contributed by atoms with van der Waals surface area (Å²) in [5.41, 5.74) is 0.112. The van der Waals surface area contributed by atoms with Crippen LogP contribution in [-0.2, 0) is 9.22 Å². The molecule has 0 spiro atoms. The zero-order chi connectivity index (χ0) is 17.4. The first-order valence-electron chi connectivity index (χ1n) is 9.84. The molecule has 0 amide bonds. The Bertz CT molecular complexity index is 287. The van der Waals surface area contributed by atoms with Gasteiger partial charge in [-0.15, -0.1) is 0 Å². The summed E-state index contributed by atoms with van der Waals surface area (Å²) in [5.74, 6) is 0.969. The third kappa shape index (κ3) is 12.2. The Morgan fingerprint density at radius 1 is 0.870 bits per heavy atom. The van der Waals surface area contributed by atoms with E-state index < -0.39 is 0 Å². The van der Waals surface area contributed by atoms with Gasteiger partial charge in [0.2, 0.25) is 0 Å². The minimum Gasteiger partial charge on any atom is -0.422 e. The van der Waals surface area contributed by atoms with Crippen molar-refractivity contribution in [2.24, 2.45) is 0 Å². The second-order valence-corrected chi connectivity index (χ2v) is 8.29. The minimum atomic E-state index is 0.112. The normalized spacial score (nSPS) is 14.0. The number of hydrogen-bond donors (Lipinski definition) is 0. The van der Waals surface area contributed by atoms with Gasteiger partial charge in [0, 0.05) is 12.2 Å². The first-order valence-corrected chi connectivity index (χ1v) is 11.6. The van der Waals surface area contributed by atoms with Crippen molar-refractivity contribution < 1.29 is 9.22 Å². The van der Waals surface area contributed by atoms with Crippen LogP contribution in [0.3, 0.4) is 0 Å². The molecule has 0 saturated carbocycles. The summed E-state index contributed by atoms with van der Waals surface area (Å²) in [6, 6.07) is 0. The summed E-state index contributed by atoms with van der Waals surface area (Å²) in [6.07, 6.45) is 15.2. The Morgan fingerprint density at radius 3 is 2.13 bits per heavy atom. The van der Waals surface area contributed by atoms with Gasteiger partial charge in [-0.2, -0.15) is 0 Å². The number of carbonyl (C=O) groups excluding carboxylic acids is 1. The molecule has 4 heteroatoms. The van der Waals surface area contributed by atoms with Crippen LogP contribution < -0.4 is 0 Å². The summed E-state index contributed by atoms with van der Waals surface area (Å²) >= 11 is 1.55. The van der Waals surface area contributed by atoms with Crippen molar-refractivity contribution in [2.45, 2.75) is 110 Å². The topological polar surface area (TPSA) is 26.3 Å². The van der Waals surface area contributed by atoms with Crippen LogP contribution in [0.25, 0.3) is 0 Å². The zero-order valence-corrected chi connectivity index (χ0v) is 18.9. The molecule has 2 nitrogen and oxygen atoms in total. The molecule has 0 heterocycles. The van der Waals surface area contributed by atoms with Crippen molar-refractivity contribution in [1.82, 2.24) is 0 Å². The van der Waals surface area contributed by atoms with Gasteiger partial charge in [-0.1, -0.05) is 77.5 Å². The molecule has 1 atom stereocenters. The maximum atomic E-state index is 11.9. The molecule has 0 N–H and O–H groups in total. The first kappa shape index (κ1) is 23.2. The van der Waals surface area contributed by atoms with Crippen molar-refractivity contribution in [2.75, 3.05) is 5.75 Å². The van der Waals surface area contributed by atoms with Crippen LogP contribution in [0.2, 0.25) is 0 Å². The predicted molar refractivity (Wildman–Crippen MR) is 108 cm³/mol. The monoisotopic (exact) mass is 360 g/mol. The van der Waals surface area contributed by atoms with Gasteiger partial charge < -0.3 is 4.43 Å². The van der Waals surface area contributed by atoms with Crippen LogP contribution in [-0.4, -0.2) is 27.0 Å². The molecule has 0 aliphatic rings. The lowest BCUT2D eigenvalue weighted by molar-refractivity contribution is -0.111. The smallest absolute Gasteiger partial charge is 0.188 e. The van der Waals surface area contributed by atoms with Gasteiger partial charge in [0.15, 0.2) is 5.12 Å². The fraction of sp³-hybridized carbons (Fsp3) is 0.947. The quantitative estimate of drug-likeness (QED) is 0.272. The van der Waals surface area contributed by atoms with Gasteiger partial charge in [0.05, 0.1) is 5.60 Å². The molecular weight excluding hydrogens is 320 g/mol. The van der Waals surface area contributed by atoms with Gasteiger partial charge >= 0.3 is 0 Å².